The van der Waals surface area contributed by atoms with Gasteiger partial charge in [-0.25, -0.2) is 0 Å². The molecule has 0 saturated carbocycles. The Morgan fingerprint density at radius 3 is 2.62 bits per heavy atom. The van der Waals surface area contributed by atoms with Gasteiger partial charge < -0.3 is 9.52 Å². The number of furan rings is 1. The van der Waals surface area contributed by atoms with Gasteiger partial charge in [0.05, 0.1) is 10.7 Å². The Morgan fingerprint density at radius 1 is 1.62 bits per heavy atom. The van der Waals surface area contributed by atoms with E-state index in [0.29, 0.717) is 18.1 Å². The molecule has 1 rings (SSSR count). The molecule has 0 spiro atoms. The maximum atomic E-state index is 10.1. The molecule has 0 saturated heterocycles. The minimum Gasteiger partial charge on any atom is -0.465 e. The van der Waals surface area contributed by atoms with Crippen LogP contribution in [0, 0.1) is 5.92 Å². The summed E-state index contributed by atoms with van der Waals surface area (Å²) in [5.74, 6) is 1.05. The van der Waals surface area contributed by atoms with Gasteiger partial charge in [-0.2, -0.15) is 0 Å². The Hall–Kier alpha value is -0.280. The second-order valence-corrected chi connectivity index (χ2v) is 4.82. The minimum absolute atomic E-state index is 0.437. The van der Waals surface area contributed by atoms with Crippen LogP contribution >= 0.6 is 15.9 Å². The van der Waals surface area contributed by atoms with E-state index in [1.54, 1.807) is 19.3 Å². The van der Waals surface area contributed by atoms with E-state index in [1.807, 2.05) is 0 Å². The standard InChI is InChI=1S/C10H15BrO2/c1-7(2)6-10(3,12)9-8(11)4-5-13-9/h4-5,7,12H,6H2,1-3H3. The summed E-state index contributed by atoms with van der Waals surface area (Å²) in [7, 11) is 0. The monoisotopic (exact) mass is 246 g/mol. The summed E-state index contributed by atoms with van der Waals surface area (Å²) >= 11 is 3.34. The topological polar surface area (TPSA) is 33.4 Å². The van der Waals surface area contributed by atoms with Crippen LogP contribution in [-0.4, -0.2) is 5.11 Å². The molecule has 0 aliphatic carbocycles. The zero-order chi connectivity index (χ0) is 10.1. The average Bonchev–Trinajstić information content (AvgIpc) is 2.32. The van der Waals surface area contributed by atoms with Crippen LogP contribution < -0.4 is 0 Å². The Kier molecular flexibility index (Phi) is 3.19. The molecule has 74 valence electrons. The summed E-state index contributed by atoms with van der Waals surface area (Å²) < 4.78 is 6.06. The number of aliphatic hydroxyl groups is 1. The van der Waals surface area contributed by atoms with E-state index < -0.39 is 5.60 Å². The van der Waals surface area contributed by atoms with Crippen LogP contribution in [0.1, 0.15) is 33.0 Å². The van der Waals surface area contributed by atoms with Crippen LogP contribution in [-0.2, 0) is 5.60 Å². The quantitative estimate of drug-likeness (QED) is 0.888. The third-order valence-corrected chi connectivity index (χ3v) is 2.54. The zero-order valence-electron chi connectivity index (χ0n) is 8.17. The van der Waals surface area contributed by atoms with Crippen LogP contribution in [0.5, 0.6) is 0 Å². The van der Waals surface area contributed by atoms with Gasteiger partial charge in [0.2, 0.25) is 0 Å². The van der Waals surface area contributed by atoms with Crippen LogP contribution in [0.2, 0.25) is 0 Å². The van der Waals surface area contributed by atoms with Gasteiger partial charge in [-0.05, 0) is 41.3 Å². The Morgan fingerprint density at radius 2 is 2.23 bits per heavy atom. The molecule has 1 aromatic heterocycles. The highest BCUT2D eigenvalue weighted by atomic mass is 79.9. The lowest BCUT2D eigenvalue weighted by atomic mass is 9.92. The van der Waals surface area contributed by atoms with Crippen LogP contribution in [0.3, 0.4) is 0 Å². The third-order valence-electron chi connectivity index (χ3n) is 1.91. The maximum absolute atomic E-state index is 10.1. The Balaban J connectivity index is 2.87. The van der Waals surface area contributed by atoms with Crippen molar-refractivity contribution in [3.63, 3.8) is 0 Å². The summed E-state index contributed by atoms with van der Waals surface area (Å²) in [4.78, 5) is 0. The average molecular weight is 247 g/mol. The summed E-state index contributed by atoms with van der Waals surface area (Å²) in [6.07, 6.45) is 2.27. The molecule has 2 nitrogen and oxygen atoms in total. The Labute approximate surface area is 87.1 Å². The number of halogens is 1. The van der Waals surface area contributed by atoms with Gasteiger partial charge in [-0.1, -0.05) is 13.8 Å². The predicted molar refractivity (Wildman–Crippen MR) is 55.4 cm³/mol. The molecule has 1 N–H and O–H groups in total. The molecule has 1 atom stereocenters. The zero-order valence-corrected chi connectivity index (χ0v) is 9.76. The lowest BCUT2D eigenvalue weighted by molar-refractivity contribution is 0.0127. The first kappa shape index (κ1) is 10.8. The van der Waals surface area contributed by atoms with Gasteiger partial charge in [0.25, 0.3) is 0 Å². The van der Waals surface area contributed by atoms with Crippen molar-refractivity contribution in [1.82, 2.24) is 0 Å². The lowest BCUT2D eigenvalue weighted by Gasteiger charge is -2.23. The number of rotatable bonds is 3. The van der Waals surface area contributed by atoms with Gasteiger partial charge in [0, 0.05) is 0 Å². The van der Waals surface area contributed by atoms with Gasteiger partial charge in [-0.3, -0.25) is 0 Å². The van der Waals surface area contributed by atoms with E-state index in [-0.39, 0.29) is 0 Å². The molecule has 0 fully saturated rings. The summed E-state index contributed by atoms with van der Waals surface area (Å²) in [5.41, 5.74) is -0.878. The van der Waals surface area contributed by atoms with E-state index in [2.05, 4.69) is 29.8 Å². The van der Waals surface area contributed by atoms with E-state index >= 15 is 0 Å². The SMILES string of the molecule is CC(C)CC(C)(O)c1occc1Br. The largest absolute Gasteiger partial charge is 0.465 e. The molecule has 1 aromatic rings. The molecule has 0 aromatic carbocycles. The normalized spacial score (nSPS) is 16.2. The molecule has 0 radical (unpaired) electrons. The molecular weight excluding hydrogens is 232 g/mol. The van der Waals surface area contributed by atoms with Gasteiger partial charge >= 0.3 is 0 Å². The fourth-order valence-corrected chi connectivity index (χ4v) is 2.19. The molecule has 1 heterocycles. The number of hydrogen-bond donors (Lipinski definition) is 1. The van der Waals surface area contributed by atoms with E-state index in [0.717, 1.165) is 4.47 Å². The van der Waals surface area contributed by atoms with E-state index in [9.17, 15) is 5.11 Å². The summed E-state index contributed by atoms with van der Waals surface area (Å²) in [6, 6.07) is 1.80. The fourth-order valence-electron chi connectivity index (χ4n) is 1.57. The van der Waals surface area contributed by atoms with Crippen molar-refractivity contribution in [3.05, 3.63) is 22.6 Å². The molecule has 0 aliphatic rings. The second-order valence-electron chi connectivity index (χ2n) is 3.97. The molecular formula is C10H15BrO2. The second kappa shape index (κ2) is 3.84. The van der Waals surface area contributed by atoms with Crippen molar-refractivity contribution in [2.75, 3.05) is 0 Å². The Bertz CT molecular complexity index is 276. The molecule has 13 heavy (non-hydrogen) atoms. The molecule has 0 aliphatic heterocycles. The van der Waals surface area contributed by atoms with E-state index in [4.69, 9.17) is 4.42 Å². The van der Waals surface area contributed by atoms with Crippen LogP contribution in [0.15, 0.2) is 21.2 Å². The predicted octanol–water partition coefficient (Wildman–Crippen LogP) is 3.30. The first-order chi connectivity index (χ1) is 5.93. The van der Waals surface area contributed by atoms with E-state index in [1.165, 1.54) is 0 Å². The van der Waals surface area contributed by atoms with Crippen molar-refractivity contribution in [1.29, 1.82) is 0 Å². The highest BCUT2D eigenvalue weighted by Crippen LogP contribution is 2.33. The molecule has 0 bridgehead atoms. The number of hydrogen-bond acceptors (Lipinski definition) is 2. The smallest absolute Gasteiger partial charge is 0.149 e. The van der Waals surface area contributed by atoms with Crippen molar-refractivity contribution < 1.29 is 9.52 Å². The molecule has 1 unspecified atom stereocenters. The van der Waals surface area contributed by atoms with Gasteiger partial charge in [0.1, 0.15) is 11.4 Å². The highest BCUT2D eigenvalue weighted by molar-refractivity contribution is 9.10. The van der Waals surface area contributed by atoms with Crippen molar-refractivity contribution in [3.8, 4) is 0 Å². The lowest BCUT2D eigenvalue weighted by Crippen LogP contribution is -2.23. The fraction of sp³-hybridized carbons (Fsp3) is 0.600. The van der Waals surface area contributed by atoms with Crippen molar-refractivity contribution in [2.45, 2.75) is 32.8 Å². The highest BCUT2D eigenvalue weighted by Gasteiger charge is 2.29. The van der Waals surface area contributed by atoms with Gasteiger partial charge in [-0.15, -0.1) is 0 Å². The van der Waals surface area contributed by atoms with Crippen molar-refractivity contribution >= 4 is 15.9 Å². The molecule has 0 amide bonds. The molecule has 3 heteroatoms. The minimum atomic E-state index is -0.878. The maximum Gasteiger partial charge on any atom is 0.149 e. The first-order valence-electron chi connectivity index (χ1n) is 4.39. The van der Waals surface area contributed by atoms with Crippen molar-refractivity contribution in [2.24, 2.45) is 5.92 Å². The summed E-state index contributed by atoms with van der Waals surface area (Å²) in [6.45, 7) is 5.92. The van der Waals surface area contributed by atoms with Gasteiger partial charge in [0.15, 0.2) is 0 Å². The summed E-state index contributed by atoms with van der Waals surface area (Å²) in [5, 5.41) is 10.1. The first-order valence-corrected chi connectivity index (χ1v) is 5.18. The third kappa shape index (κ3) is 2.58. The van der Waals surface area contributed by atoms with Crippen LogP contribution in [0.4, 0.5) is 0 Å². The van der Waals surface area contributed by atoms with Crippen LogP contribution in [0.25, 0.3) is 0 Å².